The molecule has 1 aliphatic heterocycles. The van der Waals surface area contributed by atoms with E-state index in [1.807, 2.05) is 5.38 Å². The highest BCUT2D eigenvalue weighted by atomic mass is 32.1. The van der Waals surface area contributed by atoms with Gasteiger partial charge in [0.1, 0.15) is 5.01 Å². The van der Waals surface area contributed by atoms with Crippen LogP contribution < -0.4 is 0 Å². The summed E-state index contributed by atoms with van der Waals surface area (Å²) in [6, 6.07) is 0. The molecule has 5 heteroatoms. The van der Waals surface area contributed by atoms with Crippen LogP contribution in [0.4, 0.5) is 0 Å². The fourth-order valence-corrected chi connectivity index (χ4v) is 2.01. The number of methoxy groups -OCH3 is 1. The van der Waals surface area contributed by atoms with Crippen LogP contribution in [0.2, 0.25) is 0 Å². The lowest BCUT2D eigenvalue weighted by molar-refractivity contribution is -0.115. The van der Waals surface area contributed by atoms with Gasteiger partial charge < -0.3 is 9.47 Å². The first-order valence-corrected chi connectivity index (χ1v) is 5.20. The zero-order valence-corrected chi connectivity index (χ0v) is 8.86. The maximum Gasteiger partial charge on any atom is 0.210 e. The Hall–Kier alpha value is -1.62. The predicted molar refractivity (Wildman–Crippen MR) is 56.1 cm³/mol. The Balaban J connectivity index is 2.45. The molecule has 1 aromatic rings. The molecule has 2 heterocycles. The number of carbonyl (C=O) groups is 1. The van der Waals surface area contributed by atoms with Gasteiger partial charge in [-0.2, -0.15) is 0 Å². The molecule has 1 atom stereocenters. The van der Waals surface area contributed by atoms with Crippen molar-refractivity contribution in [2.75, 3.05) is 7.11 Å². The fourth-order valence-electron chi connectivity index (χ4n) is 1.34. The number of nitrogens with zero attached hydrogens (tertiary/aromatic N) is 1. The van der Waals surface area contributed by atoms with Crippen LogP contribution in [-0.4, -0.2) is 24.5 Å². The number of aldehydes is 1. The molecule has 0 bridgehead atoms. The zero-order chi connectivity index (χ0) is 10.7. The fraction of sp³-hybridized carbons (Fsp3) is 0.200. The number of rotatable bonds is 3. The van der Waals surface area contributed by atoms with Gasteiger partial charge in [0.15, 0.2) is 12.0 Å². The van der Waals surface area contributed by atoms with E-state index in [4.69, 9.17) is 9.47 Å². The largest absolute Gasteiger partial charge is 0.496 e. The molecular formula is C10H9NO3S. The first kappa shape index (κ1) is 9.92. The number of thiazole rings is 1. The normalized spacial score (nSPS) is 19.9. The van der Waals surface area contributed by atoms with E-state index in [2.05, 4.69) is 4.98 Å². The number of ether oxygens (including phenoxy) is 2. The third-order valence-corrected chi connectivity index (χ3v) is 2.80. The molecule has 15 heavy (non-hydrogen) atoms. The zero-order valence-electron chi connectivity index (χ0n) is 8.04. The van der Waals surface area contributed by atoms with E-state index in [0.717, 1.165) is 10.6 Å². The van der Waals surface area contributed by atoms with Crippen molar-refractivity contribution in [2.45, 2.75) is 6.10 Å². The number of hydrogen-bond acceptors (Lipinski definition) is 5. The molecule has 0 fully saturated rings. The minimum Gasteiger partial charge on any atom is -0.496 e. The average molecular weight is 223 g/mol. The highest BCUT2D eigenvalue weighted by Gasteiger charge is 2.23. The van der Waals surface area contributed by atoms with Crippen LogP contribution in [0.15, 0.2) is 29.7 Å². The number of aromatic nitrogens is 1. The van der Waals surface area contributed by atoms with Crippen molar-refractivity contribution in [1.29, 1.82) is 0 Å². The topological polar surface area (TPSA) is 48.4 Å². The van der Waals surface area contributed by atoms with Gasteiger partial charge in [-0.05, 0) is 6.08 Å². The molecule has 1 unspecified atom stereocenters. The van der Waals surface area contributed by atoms with Crippen LogP contribution in [0, 0.1) is 0 Å². The molecule has 0 saturated heterocycles. The van der Waals surface area contributed by atoms with Crippen LogP contribution in [0.1, 0.15) is 5.01 Å². The molecule has 4 nitrogen and oxygen atoms in total. The maximum atomic E-state index is 10.8. The number of carbonyl (C=O) groups excluding carboxylic acids is 1. The van der Waals surface area contributed by atoms with E-state index in [1.54, 1.807) is 12.3 Å². The third kappa shape index (κ3) is 1.78. The monoisotopic (exact) mass is 223 g/mol. The molecular weight excluding hydrogens is 214 g/mol. The van der Waals surface area contributed by atoms with Gasteiger partial charge >= 0.3 is 0 Å². The Kier molecular flexibility index (Phi) is 2.82. The van der Waals surface area contributed by atoms with Crippen molar-refractivity contribution >= 4 is 23.2 Å². The molecule has 0 spiro atoms. The van der Waals surface area contributed by atoms with E-state index >= 15 is 0 Å². The van der Waals surface area contributed by atoms with Crippen molar-refractivity contribution in [3.05, 3.63) is 34.7 Å². The second-order valence-electron chi connectivity index (χ2n) is 2.81. The summed E-state index contributed by atoms with van der Waals surface area (Å²) < 4.78 is 10.3. The molecule has 0 N–H and O–H groups in total. The molecule has 0 amide bonds. The molecule has 0 saturated carbocycles. The summed E-state index contributed by atoms with van der Waals surface area (Å²) in [5.74, 6) is 0.502. The first-order chi connectivity index (χ1) is 7.36. The van der Waals surface area contributed by atoms with Gasteiger partial charge in [0, 0.05) is 11.6 Å². The lowest BCUT2D eigenvalue weighted by atomic mass is 10.1. The quantitative estimate of drug-likeness (QED) is 0.730. The lowest BCUT2D eigenvalue weighted by Gasteiger charge is -2.19. The summed E-state index contributed by atoms with van der Waals surface area (Å²) in [5, 5.41) is 2.69. The van der Waals surface area contributed by atoms with Gasteiger partial charge in [0.2, 0.25) is 6.10 Å². The van der Waals surface area contributed by atoms with Crippen LogP contribution in [0.25, 0.3) is 5.57 Å². The van der Waals surface area contributed by atoms with Gasteiger partial charge in [-0.15, -0.1) is 11.3 Å². The lowest BCUT2D eigenvalue weighted by Crippen LogP contribution is -2.20. The van der Waals surface area contributed by atoms with Crippen LogP contribution in [0.3, 0.4) is 0 Å². The van der Waals surface area contributed by atoms with E-state index in [9.17, 15) is 4.79 Å². The molecule has 1 aromatic heterocycles. The van der Waals surface area contributed by atoms with Crippen LogP contribution in [0.5, 0.6) is 0 Å². The molecule has 78 valence electrons. The summed E-state index contributed by atoms with van der Waals surface area (Å²) >= 11 is 1.49. The SMILES string of the molecule is COC1=C(c2nccs2)C=COC1C=O. The van der Waals surface area contributed by atoms with Gasteiger partial charge in [-0.3, -0.25) is 4.79 Å². The Morgan fingerprint density at radius 2 is 2.53 bits per heavy atom. The summed E-state index contributed by atoms with van der Waals surface area (Å²) in [6.07, 6.45) is 4.98. The van der Waals surface area contributed by atoms with E-state index in [0.29, 0.717) is 12.0 Å². The van der Waals surface area contributed by atoms with Gasteiger partial charge in [-0.1, -0.05) is 0 Å². The molecule has 1 aliphatic rings. The Morgan fingerprint density at radius 1 is 1.67 bits per heavy atom. The Bertz CT molecular complexity index is 408. The van der Waals surface area contributed by atoms with E-state index in [1.165, 1.54) is 24.7 Å². The van der Waals surface area contributed by atoms with Crippen molar-refractivity contribution < 1.29 is 14.3 Å². The Morgan fingerprint density at radius 3 is 3.13 bits per heavy atom. The van der Waals surface area contributed by atoms with Crippen molar-refractivity contribution in [3.8, 4) is 0 Å². The third-order valence-electron chi connectivity index (χ3n) is 1.99. The standard InChI is InChI=1S/C10H9NO3S/c1-13-9-7(10-11-3-5-15-10)2-4-14-8(9)6-12/h2-6,8H,1H3. The average Bonchev–Trinajstić information content (AvgIpc) is 2.81. The minimum absolute atomic E-state index is 0.502. The molecule has 0 aromatic carbocycles. The summed E-state index contributed by atoms with van der Waals surface area (Å²) in [7, 11) is 1.52. The van der Waals surface area contributed by atoms with Crippen LogP contribution >= 0.6 is 11.3 Å². The highest BCUT2D eigenvalue weighted by Crippen LogP contribution is 2.28. The van der Waals surface area contributed by atoms with Gasteiger partial charge in [0.05, 0.1) is 18.9 Å². The molecule has 0 radical (unpaired) electrons. The predicted octanol–water partition coefficient (Wildman–Crippen LogP) is 1.61. The van der Waals surface area contributed by atoms with Crippen molar-refractivity contribution in [1.82, 2.24) is 4.98 Å². The molecule has 0 aliphatic carbocycles. The Labute approximate surface area is 90.8 Å². The molecule has 2 rings (SSSR count). The minimum atomic E-state index is -0.668. The van der Waals surface area contributed by atoms with Gasteiger partial charge in [0.25, 0.3) is 0 Å². The second kappa shape index (κ2) is 4.27. The summed E-state index contributed by atoms with van der Waals surface area (Å²) in [5.41, 5.74) is 0.802. The second-order valence-corrected chi connectivity index (χ2v) is 3.71. The summed E-state index contributed by atoms with van der Waals surface area (Å²) in [4.78, 5) is 14.9. The smallest absolute Gasteiger partial charge is 0.210 e. The maximum absolute atomic E-state index is 10.8. The van der Waals surface area contributed by atoms with E-state index < -0.39 is 6.10 Å². The first-order valence-electron chi connectivity index (χ1n) is 4.32. The van der Waals surface area contributed by atoms with Crippen molar-refractivity contribution in [3.63, 3.8) is 0 Å². The number of allylic oxidation sites excluding steroid dienone is 2. The van der Waals surface area contributed by atoms with Crippen LogP contribution in [-0.2, 0) is 14.3 Å². The summed E-state index contributed by atoms with van der Waals surface area (Å²) in [6.45, 7) is 0. The van der Waals surface area contributed by atoms with Crippen molar-refractivity contribution in [2.24, 2.45) is 0 Å². The van der Waals surface area contributed by atoms with E-state index in [-0.39, 0.29) is 0 Å². The number of hydrogen-bond donors (Lipinski definition) is 0. The van der Waals surface area contributed by atoms with Gasteiger partial charge in [-0.25, -0.2) is 4.98 Å². The highest BCUT2D eigenvalue weighted by molar-refractivity contribution is 7.10.